The highest BCUT2D eigenvalue weighted by atomic mass is 35.5. The minimum Gasteiger partial charge on any atom is -0.383 e. The van der Waals surface area contributed by atoms with Crippen LogP contribution < -0.4 is 5.56 Å². The van der Waals surface area contributed by atoms with Gasteiger partial charge in [0.05, 0.1) is 24.1 Å². The summed E-state index contributed by atoms with van der Waals surface area (Å²) < 4.78 is 20.0. The van der Waals surface area contributed by atoms with Crippen molar-refractivity contribution in [2.75, 3.05) is 13.7 Å². The van der Waals surface area contributed by atoms with Gasteiger partial charge in [-0.15, -0.1) is 0 Å². The van der Waals surface area contributed by atoms with Crippen LogP contribution in [0.15, 0.2) is 52.4 Å². The van der Waals surface area contributed by atoms with Gasteiger partial charge in [-0.2, -0.15) is 0 Å². The van der Waals surface area contributed by atoms with E-state index in [0.29, 0.717) is 40.0 Å². The van der Waals surface area contributed by atoms with Crippen molar-refractivity contribution in [3.63, 3.8) is 0 Å². The van der Waals surface area contributed by atoms with Gasteiger partial charge in [-0.1, -0.05) is 35.5 Å². The van der Waals surface area contributed by atoms with Crippen LogP contribution in [0.25, 0.3) is 10.9 Å². The third-order valence-electron chi connectivity index (χ3n) is 3.66. The van der Waals surface area contributed by atoms with Crippen molar-refractivity contribution in [3.05, 3.63) is 69.2 Å². The molecule has 7 heteroatoms. The highest BCUT2D eigenvalue weighted by Crippen LogP contribution is 2.23. The van der Waals surface area contributed by atoms with E-state index in [1.165, 1.54) is 23.9 Å². The van der Waals surface area contributed by atoms with E-state index in [0.717, 1.165) is 5.56 Å². The maximum Gasteiger partial charge on any atom is 0.262 e. The van der Waals surface area contributed by atoms with E-state index in [2.05, 4.69) is 4.98 Å². The Hall–Kier alpha value is -1.89. The lowest BCUT2D eigenvalue weighted by Crippen LogP contribution is -2.25. The summed E-state index contributed by atoms with van der Waals surface area (Å²) in [6.07, 6.45) is 0. The number of benzene rings is 2. The second kappa shape index (κ2) is 7.99. The van der Waals surface area contributed by atoms with E-state index in [1.807, 2.05) is 6.07 Å². The topological polar surface area (TPSA) is 44.1 Å². The molecule has 0 aliphatic rings. The summed E-state index contributed by atoms with van der Waals surface area (Å²) in [4.78, 5) is 17.4. The predicted molar refractivity (Wildman–Crippen MR) is 98.9 cm³/mol. The molecule has 0 unspecified atom stereocenters. The minimum atomic E-state index is -0.284. The van der Waals surface area contributed by atoms with Gasteiger partial charge < -0.3 is 4.74 Å². The van der Waals surface area contributed by atoms with Crippen molar-refractivity contribution in [2.45, 2.75) is 17.5 Å². The number of hydrogen-bond acceptors (Lipinski definition) is 4. The molecule has 1 aromatic heterocycles. The van der Waals surface area contributed by atoms with Crippen LogP contribution in [0, 0.1) is 5.82 Å². The van der Waals surface area contributed by atoms with Gasteiger partial charge in [0.1, 0.15) is 5.82 Å². The van der Waals surface area contributed by atoms with Crippen molar-refractivity contribution in [1.82, 2.24) is 9.55 Å². The smallest absolute Gasteiger partial charge is 0.262 e. The van der Waals surface area contributed by atoms with Gasteiger partial charge in [0.25, 0.3) is 5.56 Å². The highest BCUT2D eigenvalue weighted by Gasteiger charge is 2.12. The Morgan fingerprint density at radius 1 is 1.28 bits per heavy atom. The number of nitrogens with zero attached hydrogens (tertiary/aromatic N) is 2. The summed E-state index contributed by atoms with van der Waals surface area (Å²) in [5, 5.41) is 1.59. The number of ether oxygens (including phenoxy) is 1. The molecule has 0 aliphatic heterocycles. The Balaban J connectivity index is 2.00. The first kappa shape index (κ1) is 17.9. The molecule has 1 heterocycles. The van der Waals surface area contributed by atoms with E-state index >= 15 is 0 Å². The van der Waals surface area contributed by atoms with Crippen LogP contribution in [0.2, 0.25) is 5.02 Å². The molecule has 130 valence electrons. The molecule has 2 aromatic carbocycles. The molecular weight excluding hydrogens is 363 g/mol. The number of rotatable bonds is 6. The lowest BCUT2D eigenvalue weighted by Gasteiger charge is -2.13. The average Bonchev–Trinajstić information content (AvgIpc) is 2.59. The van der Waals surface area contributed by atoms with Crippen molar-refractivity contribution >= 4 is 34.3 Å². The van der Waals surface area contributed by atoms with Crippen molar-refractivity contribution in [1.29, 1.82) is 0 Å². The van der Waals surface area contributed by atoms with Crippen molar-refractivity contribution < 1.29 is 9.13 Å². The van der Waals surface area contributed by atoms with Crippen LogP contribution >= 0.6 is 23.4 Å². The molecule has 25 heavy (non-hydrogen) atoms. The fourth-order valence-corrected chi connectivity index (χ4v) is 3.57. The Bertz CT molecular complexity index is 961. The lowest BCUT2D eigenvalue weighted by molar-refractivity contribution is 0.183. The SMILES string of the molecule is COCCn1c(SCc2cccc(F)c2)nc2cc(Cl)ccc2c1=O. The zero-order valence-electron chi connectivity index (χ0n) is 13.5. The maximum atomic E-state index is 13.3. The largest absolute Gasteiger partial charge is 0.383 e. The van der Waals surface area contributed by atoms with Crippen LogP contribution in [-0.4, -0.2) is 23.3 Å². The van der Waals surface area contributed by atoms with Gasteiger partial charge in [-0.3, -0.25) is 9.36 Å². The summed E-state index contributed by atoms with van der Waals surface area (Å²) in [6, 6.07) is 11.4. The molecule has 0 saturated heterocycles. The number of halogens is 2. The summed E-state index contributed by atoms with van der Waals surface area (Å²) in [5.41, 5.74) is 1.23. The highest BCUT2D eigenvalue weighted by molar-refractivity contribution is 7.98. The third-order valence-corrected chi connectivity index (χ3v) is 4.94. The van der Waals surface area contributed by atoms with Gasteiger partial charge in [0, 0.05) is 17.9 Å². The fourth-order valence-electron chi connectivity index (χ4n) is 2.44. The van der Waals surface area contributed by atoms with E-state index < -0.39 is 0 Å². The normalized spacial score (nSPS) is 11.2. The molecule has 0 spiro atoms. The second-order valence-electron chi connectivity index (χ2n) is 5.42. The maximum absolute atomic E-state index is 13.3. The van der Waals surface area contributed by atoms with E-state index in [9.17, 15) is 9.18 Å². The fraction of sp³-hybridized carbons (Fsp3) is 0.222. The minimum absolute atomic E-state index is 0.138. The van der Waals surface area contributed by atoms with Crippen LogP contribution in [-0.2, 0) is 17.0 Å². The summed E-state index contributed by atoms with van der Waals surface area (Å²) >= 11 is 7.40. The molecule has 0 fully saturated rings. The van der Waals surface area contributed by atoms with Crippen LogP contribution in [0.4, 0.5) is 4.39 Å². The molecule has 3 rings (SSSR count). The van der Waals surface area contributed by atoms with Crippen LogP contribution in [0.3, 0.4) is 0 Å². The predicted octanol–water partition coefficient (Wildman–Crippen LogP) is 4.13. The Labute approximate surface area is 153 Å². The Morgan fingerprint density at radius 2 is 2.12 bits per heavy atom. The number of hydrogen-bond donors (Lipinski definition) is 0. The van der Waals surface area contributed by atoms with Crippen LogP contribution in [0.5, 0.6) is 0 Å². The van der Waals surface area contributed by atoms with Crippen molar-refractivity contribution in [3.8, 4) is 0 Å². The van der Waals surface area contributed by atoms with Gasteiger partial charge >= 0.3 is 0 Å². The van der Waals surface area contributed by atoms with E-state index in [-0.39, 0.29) is 11.4 Å². The Kier molecular flexibility index (Phi) is 5.73. The van der Waals surface area contributed by atoms with Gasteiger partial charge in [0.15, 0.2) is 5.16 Å². The third kappa shape index (κ3) is 4.21. The first-order valence-electron chi connectivity index (χ1n) is 7.65. The zero-order chi connectivity index (χ0) is 17.8. The lowest BCUT2D eigenvalue weighted by atomic mass is 10.2. The zero-order valence-corrected chi connectivity index (χ0v) is 15.1. The molecule has 0 bridgehead atoms. The summed E-state index contributed by atoms with van der Waals surface area (Å²) in [5.74, 6) is 0.219. The Morgan fingerprint density at radius 3 is 2.88 bits per heavy atom. The van der Waals surface area contributed by atoms with E-state index in [1.54, 1.807) is 35.9 Å². The quantitative estimate of drug-likeness (QED) is 0.478. The first-order valence-corrected chi connectivity index (χ1v) is 9.01. The van der Waals surface area contributed by atoms with Crippen molar-refractivity contribution in [2.24, 2.45) is 0 Å². The first-order chi connectivity index (χ1) is 12.1. The number of fused-ring (bicyclic) bond motifs is 1. The number of aromatic nitrogens is 2. The molecule has 3 aromatic rings. The molecule has 0 radical (unpaired) electrons. The van der Waals surface area contributed by atoms with E-state index in [4.69, 9.17) is 16.3 Å². The van der Waals surface area contributed by atoms with Crippen LogP contribution in [0.1, 0.15) is 5.56 Å². The monoisotopic (exact) mass is 378 g/mol. The molecule has 0 saturated carbocycles. The molecule has 0 aliphatic carbocycles. The molecule has 0 N–H and O–H groups in total. The molecular formula is C18H16ClFN2O2S. The molecule has 4 nitrogen and oxygen atoms in total. The van der Waals surface area contributed by atoms with Gasteiger partial charge in [0.2, 0.25) is 0 Å². The standard InChI is InChI=1S/C18H16ClFN2O2S/c1-24-8-7-22-17(23)15-6-5-13(19)10-16(15)21-18(22)25-11-12-3-2-4-14(20)9-12/h2-6,9-10H,7-8,11H2,1H3. The molecule has 0 atom stereocenters. The molecule has 0 amide bonds. The average molecular weight is 379 g/mol. The summed E-state index contributed by atoms with van der Waals surface area (Å²) in [7, 11) is 1.58. The van der Waals surface area contributed by atoms with Gasteiger partial charge in [-0.25, -0.2) is 9.37 Å². The van der Waals surface area contributed by atoms with Gasteiger partial charge in [-0.05, 0) is 35.9 Å². The second-order valence-corrected chi connectivity index (χ2v) is 6.80. The number of thioether (sulfide) groups is 1. The summed E-state index contributed by atoms with van der Waals surface area (Å²) in [6.45, 7) is 0.792. The number of methoxy groups -OCH3 is 1.